The van der Waals surface area contributed by atoms with E-state index < -0.39 is 6.10 Å². The molecule has 0 radical (unpaired) electrons. The van der Waals surface area contributed by atoms with E-state index in [0.717, 1.165) is 17.1 Å². The van der Waals surface area contributed by atoms with Gasteiger partial charge >= 0.3 is 0 Å². The molecule has 2 atom stereocenters. The lowest BCUT2D eigenvalue weighted by atomic mass is 9.94. The van der Waals surface area contributed by atoms with Crippen LogP contribution >= 0.6 is 0 Å². The molecule has 94 valence electrons. The molecule has 3 N–H and O–H groups in total. The quantitative estimate of drug-likeness (QED) is 0.827. The molecule has 2 rings (SSSR count). The summed E-state index contributed by atoms with van der Waals surface area (Å²) in [6, 6.07) is 5.93. The maximum Gasteiger partial charge on any atom is 0.161 e. The summed E-state index contributed by atoms with van der Waals surface area (Å²) in [6.45, 7) is 3.57. The van der Waals surface area contributed by atoms with Crippen molar-refractivity contribution in [3.05, 3.63) is 23.8 Å². The summed E-state index contributed by atoms with van der Waals surface area (Å²) in [7, 11) is 0. The zero-order chi connectivity index (χ0) is 12.3. The molecule has 0 aromatic heterocycles. The van der Waals surface area contributed by atoms with Crippen LogP contribution in [0.3, 0.4) is 0 Å². The van der Waals surface area contributed by atoms with Gasteiger partial charge in [0.05, 0.1) is 6.10 Å². The van der Waals surface area contributed by atoms with Crippen LogP contribution in [0, 0.1) is 0 Å². The Bertz CT molecular complexity index is 381. The fourth-order valence-corrected chi connectivity index (χ4v) is 2.01. The summed E-state index contributed by atoms with van der Waals surface area (Å²) >= 11 is 0. The fourth-order valence-electron chi connectivity index (χ4n) is 2.01. The van der Waals surface area contributed by atoms with E-state index in [4.69, 9.17) is 15.2 Å². The van der Waals surface area contributed by atoms with Crippen LogP contribution in [0.5, 0.6) is 11.5 Å². The summed E-state index contributed by atoms with van der Waals surface area (Å²) in [5.74, 6) is 1.85. The van der Waals surface area contributed by atoms with Gasteiger partial charge in [-0.15, -0.1) is 0 Å². The minimum Gasteiger partial charge on any atom is -0.486 e. The molecule has 4 heteroatoms. The van der Waals surface area contributed by atoms with Crippen LogP contribution in [0.25, 0.3) is 0 Å². The van der Waals surface area contributed by atoms with Crippen LogP contribution in [0.1, 0.15) is 24.8 Å². The predicted octanol–water partition coefficient (Wildman–Crippen LogP) is 1.27. The topological polar surface area (TPSA) is 64.7 Å². The summed E-state index contributed by atoms with van der Waals surface area (Å²) in [6.07, 6.45) is 0.217. The lowest BCUT2D eigenvalue weighted by Crippen LogP contribution is -2.21. The van der Waals surface area contributed by atoms with E-state index in [1.54, 1.807) is 0 Å². The minimum absolute atomic E-state index is 0.254. The van der Waals surface area contributed by atoms with E-state index in [1.165, 1.54) is 0 Å². The second-order valence-electron chi connectivity index (χ2n) is 4.43. The van der Waals surface area contributed by atoms with Gasteiger partial charge in [0.2, 0.25) is 0 Å². The third kappa shape index (κ3) is 2.90. The van der Waals surface area contributed by atoms with Gasteiger partial charge in [-0.05, 0) is 30.0 Å². The highest BCUT2D eigenvalue weighted by molar-refractivity contribution is 5.44. The Balaban J connectivity index is 2.10. The molecule has 0 saturated heterocycles. The molecule has 1 aromatic rings. The van der Waals surface area contributed by atoms with Gasteiger partial charge < -0.3 is 20.3 Å². The largest absolute Gasteiger partial charge is 0.486 e. The van der Waals surface area contributed by atoms with Crippen molar-refractivity contribution in [2.45, 2.75) is 25.4 Å². The van der Waals surface area contributed by atoms with Gasteiger partial charge in [-0.25, -0.2) is 0 Å². The summed E-state index contributed by atoms with van der Waals surface area (Å²) in [4.78, 5) is 0. The van der Waals surface area contributed by atoms with Gasteiger partial charge in [-0.3, -0.25) is 0 Å². The molecule has 0 fully saturated rings. The van der Waals surface area contributed by atoms with E-state index in [1.807, 2.05) is 18.2 Å². The fraction of sp³-hybridized carbons (Fsp3) is 0.538. The molecule has 1 aliphatic rings. The third-order valence-corrected chi connectivity index (χ3v) is 3.03. The Morgan fingerprint density at radius 3 is 2.71 bits per heavy atom. The standard InChI is InChI=1S/C13H19NO3/c1-9(6-11(15)8-14)10-2-3-12-13(7-10)17-5-4-16-12/h2-3,7,9,11,15H,4-6,8,14H2,1H3. The van der Waals surface area contributed by atoms with Crippen molar-refractivity contribution in [1.82, 2.24) is 0 Å². The first-order valence-electron chi connectivity index (χ1n) is 5.98. The van der Waals surface area contributed by atoms with Crippen molar-refractivity contribution in [3.8, 4) is 11.5 Å². The number of benzene rings is 1. The number of nitrogens with two attached hydrogens (primary N) is 1. The molecular formula is C13H19NO3. The van der Waals surface area contributed by atoms with Crippen LogP contribution in [-0.2, 0) is 0 Å². The molecule has 0 saturated carbocycles. The highest BCUT2D eigenvalue weighted by atomic mass is 16.6. The monoisotopic (exact) mass is 237 g/mol. The number of fused-ring (bicyclic) bond motifs is 1. The first-order valence-corrected chi connectivity index (χ1v) is 5.98. The molecule has 0 bridgehead atoms. The second-order valence-corrected chi connectivity index (χ2v) is 4.43. The van der Waals surface area contributed by atoms with Gasteiger partial charge in [-0.1, -0.05) is 13.0 Å². The third-order valence-electron chi connectivity index (χ3n) is 3.03. The highest BCUT2D eigenvalue weighted by Gasteiger charge is 2.16. The lowest BCUT2D eigenvalue weighted by Gasteiger charge is -2.21. The minimum atomic E-state index is -0.446. The number of rotatable bonds is 4. The van der Waals surface area contributed by atoms with Crippen LogP contribution < -0.4 is 15.2 Å². The SMILES string of the molecule is CC(CC(O)CN)c1ccc2c(c1)OCCO2. The number of hydrogen-bond donors (Lipinski definition) is 2. The Kier molecular flexibility index (Phi) is 3.86. The number of aliphatic hydroxyl groups is 1. The van der Waals surface area contributed by atoms with Gasteiger partial charge in [0.25, 0.3) is 0 Å². The second kappa shape index (κ2) is 5.38. The van der Waals surface area contributed by atoms with E-state index in [0.29, 0.717) is 26.2 Å². The summed E-state index contributed by atoms with van der Waals surface area (Å²) < 4.78 is 11.0. The first kappa shape index (κ1) is 12.2. The number of hydrogen-bond acceptors (Lipinski definition) is 4. The van der Waals surface area contributed by atoms with Gasteiger partial charge in [-0.2, -0.15) is 0 Å². The molecule has 0 spiro atoms. The molecule has 0 amide bonds. The molecule has 1 aliphatic heterocycles. The Labute approximate surface area is 101 Å². The normalized spacial score (nSPS) is 17.6. The molecule has 0 aliphatic carbocycles. The maximum atomic E-state index is 9.55. The molecule has 1 heterocycles. The number of aliphatic hydroxyl groups excluding tert-OH is 1. The van der Waals surface area contributed by atoms with Crippen LogP contribution in [0.4, 0.5) is 0 Å². The predicted molar refractivity (Wildman–Crippen MR) is 65.5 cm³/mol. The Morgan fingerprint density at radius 2 is 2.00 bits per heavy atom. The smallest absolute Gasteiger partial charge is 0.161 e. The maximum absolute atomic E-state index is 9.55. The molecule has 4 nitrogen and oxygen atoms in total. The Hall–Kier alpha value is -1.26. The Morgan fingerprint density at radius 1 is 1.29 bits per heavy atom. The average molecular weight is 237 g/mol. The average Bonchev–Trinajstić information content (AvgIpc) is 2.38. The van der Waals surface area contributed by atoms with Crippen molar-refractivity contribution in [1.29, 1.82) is 0 Å². The van der Waals surface area contributed by atoms with Crippen LogP contribution in [0.15, 0.2) is 18.2 Å². The molecular weight excluding hydrogens is 218 g/mol. The summed E-state index contributed by atoms with van der Waals surface area (Å²) in [5, 5.41) is 9.55. The van der Waals surface area contributed by atoms with Crippen LogP contribution in [-0.4, -0.2) is 31.0 Å². The van der Waals surface area contributed by atoms with Gasteiger partial charge in [0.15, 0.2) is 11.5 Å². The van der Waals surface area contributed by atoms with Gasteiger partial charge in [0.1, 0.15) is 13.2 Å². The van der Waals surface area contributed by atoms with Crippen molar-refractivity contribution in [2.24, 2.45) is 5.73 Å². The van der Waals surface area contributed by atoms with Crippen molar-refractivity contribution >= 4 is 0 Å². The molecule has 1 aromatic carbocycles. The lowest BCUT2D eigenvalue weighted by molar-refractivity contribution is 0.163. The zero-order valence-electron chi connectivity index (χ0n) is 10.1. The number of ether oxygens (including phenoxy) is 2. The first-order chi connectivity index (χ1) is 8.20. The highest BCUT2D eigenvalue weighted by Crippen LogP contribution is 2.34. The molecule has 2 unspecified atom stereocenters. The van der Waals surface area contributed by atoms with Crippen molar-refractivity contribution in [2.75, 3.05) is 19.8 Å². The molecule has 17 heavy (non-hydrogen) atoms. The zero-order valence-corrected chi connectivity index (χ0v) is 10.1. The van der Waals surface area contributed by atoms with Gasteiger partial charge in [0, 0.05) is 6.54 Å². The van der Waals surface area contributed by atoms with Crippen LogP contribution in [0.2, 0.25) is 0 Å². The van der Waals surface area contributed by atoms with Crippen molar-refractivity contribution in [3.63, 3.8) is 0 Å². The van der Waals surface area contributed by atoms with E-state index in [2.05, 4.69) is 6.92 Å². The van der Waals surface area contributed by atoms with E-state index in [9.17, 15) is 5.11 Å². The van der Waals surface area contributed by atoms with E-state index in [-0.39, 0.29) is 5.92 Å². The summed E-state index contributed by atoms with van der Waals surface area (Å²) in [5.41, 5.74) is 6.56. The van der Waals surface area contributed by atoms with Crippen molar-refractivity contribution < 1.29 is 14.6 Å². The van der Waals surface area contributed by atoms with E-state index >= 15 is 0 Å².